The first-order valence-electron chi connectivity index (χ1n) is 8.60. The van der Waals surface area contributed by atoms with E-state index in [1.807, 2.05) is 6.07 Å². The highest BCUT2D eigenvalue weighted by Gasteiger charge is 2.54. The number of hydrogen-bond acceptors (Lipinski definition) is 2. The van der Waals surface area contributed by atoms with Gasteiger partial charge in [-0.2, -0.15) is 8.78 Å². The van der Waals surface area contributed by atoms with E-state index in [-0.39, 0.29) is 11.2 Å². The molecule has 0 amide bonds. The number of alkyl halides is 2. The quantitative estimate of drug-likeness (QED) is 0.788. The van der Waals surface area contributed by atoms with E-state index in [4.69, 9.17) is 0 Å². The molecule has 23 heavy (non-hydrogen) atoms. The maximum atomic E-state index is 12.4. The molecule has 1 aromatic rings. The Labute approximate surface area is 135 Å². The molecule has 124 valence electrons. The summed E-state index contributed by atoms with van der Waals surface area (Å²) in [4.78, 5) is 12.3. The lowest BCUT2D eigenvalue weighted by atomic mass is 9.55. The van der Waals surface area contributed by atoms with E-state index in [2.05, 4.69) is 11.7 Å². The molecular formula is C19H22F2O2. The van der Waals surface area contributed by atoms with Crippen molar-refractivity contribution in [1.82, 2.24) is 0 Å². The summed E-state index contributed by atoms with van der Waals surface area (Å²) in [6.07, 6.45) is 5.72. The van der Waals surface area contributed by atoms with Crippen LogP contribution in [0.5, 0.6) is 5.75 Å². The summed E-state index contributed by atoms with van der Waals surface area (Å²) in [5.74, 6) is 2.25. The highest BCUT2D eigenvalue weighted by Crippen LogP contribution is 2.59. The Morgan fingerprint density at radius 2 is 2.04 bits per heavy atom. The van der Waals surface area contributed by atoms with Gasteiger partial charge in [0.1, 0.15) is 11.5 Å². The monoisotopic (exact) mass is 320 g/mol. The minimum absolute atomic E-state index is 0.114. The van der Waals surface area contributed by atoms with E-state index in [1.165, 1.54) is 5.56 Å². The number of Topliss-reactive ketones (excluding diaryl/α,β-unsaturated/α-hetero) is 1. The summed E-state index contributed by atoms with van der Waals surface area (Å²) in [7, 11) is 0. The van der Waals surface area contributed by atoms with Crippen molar-refractivity contribution in [2.75, 3.05) is 0 Å². The lowest BCUT2D eigenvalue weighted by Gasteiger charge is -2.48. The van der Waals surface area contributed by atoms with Crippen LogP contribution < -0.4 is 4.74 Å². The van der Waals surface area contributed by atoms with Gasteiger partial charge in [-0.3, -0.25) is 4.79 Å². The van der Waals surface area contributed by atoms with Crippen LogP contribution in [0.15, 0.2) is 18.2 Å². The third kappa shape index (κ3) is 2.29. The zero-order valence-electron chi connectivity index (χ0n) is 13.4. The number of fused-ring (bicyclic) bond motifs is 5. The largest absolute Gasteiger partial charge is 0.435 e. The number of rotatable bonds is 2. The van der Waals surface area contributed by atoms with E-state index in [1.54, 1.807) is 12.1 Å². The van der Waals surface area contributed by atoms with Crippen molar-refractivity contribution < 1.29 is 18.3 Å². The van der Waals surface area contributed by atoms with Crippen LogP contribution in [0, 0.1) is 17.3 Å². The van der Waals surface area contributed by atoms with Crippen LogP contribution in [0.1, 0.15) is 56.1 Å². The summed E-state index contributed by atoms with van der Waals surface area (Å²) >= 11 is 0. The second kappa shape index (κ2) is 5.29. The van der Waals surface area contributed by atoms with Crippen molar-refractivity contribution in [3.63, 3.8) is 0 Å². The minimum atomic E-state index is -2.77. The molecule has 3 aliphatic carbocycles. The van der Waals surface area contributed by atoms with Gasteiger partial charge in [0, 0.05) is 11.8 Å². The Bertz CT molecular complexity index is 642. The van der Waals surface area contributed by atoms with E-state index in [9.17, 15) is 13.6 Å². The van der Waals surface area contributed by atoms with Crippen LogP contribution in [-0.2, 0) is 11.2 Å². The molecule has 3 aliphatic rings. The van der Waals surface area contributed by atoms with Gasteiger partial charge in [-0.05, 0) is 73.1 Å². The van der Waals surface area contributed by atoms with Gasteiger partial charge in [0.15, 0.2) is 0 Å². The molecule has 4 atom stereocenters. The molecule has 0 radical (unpaired) electrons. The van der Waals surface area contributed by atoms with Crippen LogP contribution in [0.3, 0.4) is 0 Å². The maximum Gasteiger partial charge on any atom is 0.387 e. The van der Waals surface area contributed by atoms with Crippen molar-refractivity contribution >= 4 is 5.78 Å². The zero-order valence-corrected chi connectivity index (χ0v) is 13.4. The molecule has 4 unspecified atom stereocenters. The van der Waals surface area contributed by atoms with E-state index in [0.29, 0.717) is 23.5 Å². The fraction of sp³-hybridized carbons (Fsp3) is 0.632. The normalized spacial score (nSPS) is 35.7. The Morgan fingerprint density at radius 3 is 2.83 bits per heavy atom. The number of benzene rings is 1. The molecule has 0 aliphatic heterocycles. The molecule has 1 aromatic carbocycles. The van der Waals surface area contributed by atoms with Crippen LogP contribution in [0.2, 0.25) is 0 Å². The lowest BCUT2D eigenvalue weighted by Crippen LogP contribution is -2.42. The summed E-state index contributed by atoms with van der Waals surface area (Å²) in [5.41, 5.74) is 2.33. The number of carbonyl (C=O) groups excluding carboxylic acids is 1. The van der Waals surface area contributed by atoms with Crippen LogP contribution in [-0.4, -0.2) is 12.4 Å². The van der Waals surface area contributed by atoms with Gasteiger partial charge in [0.05, 0.1) is 0 Å². The molecule has 4 heteroatoms. The highest BCUT2D eigenvalue weighted by atomic mass is 19.3. The second-order valence-corrected chi connectivity index (χ2v) is 7.57. The fourth-order valence-electron chi connectivity index (χ4n) is 5.51. The third-order valence-corrected chi connectivity index (χ3v) is 6.63. The van der Waals surface area contributed by atoms with Crippen molar-refractivity contribution in [2.24, 2.45) is 17.3 Å². The average Bonchev–Trinajstić information content (AvgIpc) is 2.82. The van der Waals surface area contributed by atoms with Crippen LogP contribution >= 0.6 is 0 Å². The molecule has 0 bridgehead atoms. The first-order valence-corrected chi connectivity index (χ1v) is 8.60. The summed E-state index contributed by atoms with van der Waals surface area (Å²) in [6.45, 7) is -0.609. The van der Waals surface area contributed by atoms with Gasteiger partial charge in [0.2, 0.25) is 0 Å². The molecule has 0 N–H and O–H groups in total. The summed E-state index contributed by atoms with van der Waals surface area (Å²) < 4.78 is 29.3. The first kappa shape index (κ1) is 15.1. The highest BCUT2D eigenvalue weighted by molar-refractivity contribution is 5.87. The Morgan fingerprint density at radius 1 is 1.22 bits per heavy atom. The van der Waals surface area contributed by atoms with Crippen molar-refractivity contribution in [3.8, 4) is 5.75 Å². The maximum absolute atomic E-state index is 12.4. The number of ether oxygens (including phenoxy) is 1. The standard InChI is InChI=1S/C19H22F2O2/c1-19-9-8-14-13-5-3-12(23-18(20)21)10-11(13)2-4-15(14)16(19)6-7-17(19)22/h3,5,10,14-16,18H,2,4,6-9H2,1H3. The predicted octanol–water partition coefficient (Wildman–Crippen LogP) is 4.71. The molecule has 4 rings (SSSR count). The molecule has 0 heterocycles. The Hall–Kier alpha value is -1.45. The topological polar surface area (TPSA) is 26.3 Å². The third-order valence-electron chi connectivity index (χ3n) is 6.63. The van der Waals surface area contributed by atoms with Crippen LogP contribution in [0.25, 0.3) is 0 Å². The van der Waals surface area contributed by atoms with E-state index < -0.39 is 6.61 Å². The Balaban J connectivity index is 1.63. The molecule has 2 nitrogen and oxygen atoms in total. The van der Waals surface area contributed by atoms with Gasteiger partial charge >= 0.3 is 6.61 Å². The summed E-state index contributed by atoms with van der Waals surface area (Å²) in [5, 5.41) is 0. The average molecular weight is 320 g/mol. The second-order valence-electron chi connectivity index (χ2n) is 7.57. The van der Waals surface area contributed by atoms with E-state index >= 15 is 0 Å². The first-order chi connectivity index (χ1) is 11.0. The zero-order chi connectivity index (χ0) is 16.2. The lowest BCUT2D eigenvalue weighted by molar-refractivity contribution is -0.129. The number of carbonyl (C=O) groups is 1. The predicted molar refractivity (Wildman–Crippen MR) is 82.7 cm³/mol. The molecular weight excluding hydrogens is 298 g/mol. The molecule has 0 saturated heterocycles. The van der Waals surface area contributed by atoms with Crippen molar-refractivity contribution in [3.05, 3.63) is 29.3 Å². The van der Waals surface area contributed by atoms with Crippen LogP contribution in [0.4, 0.5) is 8.78 Å². The number of hydrogen-bond donors (Lipinski definition) is 0. The Kier molecular flexibility index (Phi) is 3.47. The van der Waals surface area contributed by atoms with E-state index in [0.717, 1.165) is 44.1 Å². The van der Waals surface area contributed by atoms with Gasteiger partial charge in [-0.15, -0.1) is 0 Å². The minimum Gasteiger partial charge on any atom is -0.435 e. The molecule has 0 aromatic heterocycles. The number of halogens is 2. The fourth-order valence-corrected chi connectivity index (χ4v) is 5.51. The number of ketones is 1. The van der Waals surface area contributed by atoms with Gasteiger partial charge in [-0.1, -0.05) is 13.0 Å². The molecule has 2 fully saturated rings. The van der Waals surface area contributed by atoms with Gasteiger partial charge in [0.25, 0.3) is 0 Å². The summed E-state index contributed by atoms with van der Waals surface area (Å²) in [6, 6.07) is 5.43. The molecule has 0 spiro atoms. The SMILES string of the molecule is CC12CCC3c4ccc(OC(F)F)cc4CCC3C1CCC2=O. The number of aryl methyl sites for hydroxylation is 1. The van der Waals surface area contributed by atoms with Crippen molar-refractivity contribution in [2.45, 2.75) is 58.0 Å². The van der Waals surface area contributed by atoms with Crippen molar-refractivity contribution in [1.29, 1.82) is 0 Å². The molecule has 2 saturated carbocycles. The smallest absolute Gasteiger partial charge is 0.387 e. The van der Waals surface area contributed by atoms with Gasteiger partial charge in [-0.25, -0.2) is 0 Å². The van der Waals surface area contributed by atoms with Gasteiger partial charge < -0.3 is 4.74 Å².